The van der Waals surface area contributed by atoms with Crippen LogP contribution in [-0.2, 0) is 11.2 Å². The van der Waals surface area contributed by atoms with Gasteiger partial charge < -0.3 is 10.2 Å². The minimum atomic E-state index is 0.167. The van der Waals surface area contributed by atoms with Crippen LogP contribution in [0.15, 0.2) is 0 Å². The highest BCUT2D eigenvalue weighted by atomic mass is 32.1. The number of amides is 1. The first-order chi connectivity index (χ1) is 9.22. The Bertz CT molecular complexity index is 421. The molecule has 1 aliphatic rings. The van der Waals surface area contributed by atoms with E-state index in [0.29, 0.717) is 6.42 Å². The molecule has 0 spiro atoms. The van der Waals surface area contributed by atoms with Gasteiger partial charge in [0.15, 0.2) is 0 Å². The Morgan fingerprint density at radius 2 is 2.37 bits per heavy atom. The SMILES string of the molecule is CCCC(=O)NC1CCCN(c2nc(CC)ns2)C1. The third-order valence-electron chi connectivity index (χ3n) is 3.31. The molecule has 6 heteroatoms. The smallest absolute Gasteiger partial charge is 0.220 e. The monoisotopic (exact) mass is 282 g/mol. The number of aromatic nitrogens is 2. The molecule has 1 aromatic heterocycles. The molecule has 1 atom stereocenters. The fourth-order valence-corrected chi connectivity index (χ4v) is 3.10. The third-order valence-corrected chi connectivity index (χ3v) is 4.12. The van der Waals surface area contributed by atoms with Crippen molar-refractivity contribution in [3.63, 3.8) is 0 Å². The minimum absolute atomic E-state index is 0.167. The van der Waals surface area contributed by atoms with E-state index in [9.17, 15) is 4.79 Å². The summed E-state index contributed by atoms with van der Waals surface area (Å²) in [5, 5.41) is 4.11. The molecular formula is C13H22N4OS. The molecule has 0 bridgehead atoms. The Morgan fingerprint density at radius 1 is 1.53 bits per heavy atom. The zero-order valence-corrected chi connectivity index (χ0v) is 12.5. The standard InChI is InChI=1S/C13H22N4OS/c1-3-6-12(18)14-10-7-5-8-17(9-10)13-15-11(4-2)16-19-13/h10H,3-9H2,1-2H3,(H,14,18). The average molecular weight is 282 g/mol. The molecule has 106 valence electrons. The molecule has 1 N–H and O–H groups in total. The maximum Gasteiger partial charge on any atom is 0.220 e. The predicted octanol–water partition coefficient (Wildman–Crippen LogP) is 1.99. The number of hydrogen-bond donors (Lipinski definition) is 1. The Morgan fingerprint density at radius 3 is 3.05 bits per heavy atom. The molecule has 2 heterocycles. The van der Waals surface area contributed by atoms with Gasteiger partial charge in [-0.3, -0.25) is 4.79 Å². The lowest BCUT2D eigenvalue weighted by Gasteiger charge is -2.32. The van der Waals surface area contributed by atoms with Crippen LogP contribution in [0, 0.1) is 0 Å². The van der Waals surface area contributed by atoms with Crippen LogP contribution in [0.1, 0.15) is 45.4 Å². The Labute approximate surface area is 118 Å². The van der Waals surface area contributed by atoms with Crippen molar-refractivity contribution < 1.29 is 4.79 Å². The summed E-state index contributed by atoms with van der Waals surface area (Å²) in [6.45, 7) is 5.96. The summed E-state index contributed by atoms with van der Waals surface area (Å²) >= 11 is 1.46. The van der Waals surface area contributed by atoms with Crippen LogP contribution >= 0.6 is 11.5 Å². The van der Waals surface area contributed by atoms with E-state index in [2.05, 4.69) is 26.5 Å². The fourth-order valence-electron chi connectivity index (χ4n) is 2.31. The van der Waals surface area contributed by atoms with Gasteiger partial charge in [0.05, 0.1) is 0 Å². The number of nitrogens with one attached hydrogen (secondary N) is 1. The number of piperidine rings is 1. The predicted molar refractivity (Wildman–Crippen MR) is 77.6 cm³/mol. The van der Waals surface area contributed by atoms with Gasteiger partial charge in [0.2, 0.25) is 11.0 Å². The van der Waals surface area contributed by atoms with Gasteiger partial charge in [-0.15, -0.1) is 0 Å². The van der Waals surface area contributed by atoms with Gasteiger partial charge in [0.1, 0.15) is 5.82 Å². The van der Waals surface area contributed by atoms with E-state index in [4.69, 9.17) is 0 Å². The van der Waals surface area contributed by atoms with Gasteiger partial charge in [0.25, 0.3) is 0 Å². The molecule has 1 aromatic rings. The van der Waals surface area contributed by atoms with Gasteiger partial charge in [0, 0.05) is 43.5 Å². The number of aryl methyl sites for hydroxylation is 1. The topological polar surface area (TPSA) is 58.1 Å². The number of carbonyl (C=O) groups is 1. The van der Waals surface area contributed by atoms with Gasteiger partial charge >= 0.3 is 0 Å². The van der Waals surface area contributed by atoms with Crippen LogP contribution in [0.5, 0.6) is 0 Å². The van der Waals surface area contributed by atoms with E-state index in [-0.39, 0.29) is 11.9 Å². The Hall–Kier alpha value is -1.17. The normalized spacial score (nSPS) is 19.5. The van der Waals surface area contributed by atoms with Crippen molar-refractivity contribution in [2.75, 3.05) is 18.0 Å². The van der Waals surface area contributed by atoms with E-state index >= 15 is 0 Å². The number of rotatable bonds is 5. The molecule has 0 aliphatic carbocycles. The van der Waals surface area contributed by atoms with Gasteiger partial charge in [-0.2, -0.15) is 4.37 Å². The van der Waals surface area contributed by atoms with E-state index in [1.165, 1.54) is 11.5 Å². The van der Waals surface area contributed by atoms with E-state index in [0.717, 1.165) is 49.7 Å². The van der Waals surface area contributed by atoms with Crippen molar-refractivity contribution in [1.82, 2.24) is 14.7 Å². The van der Waals surface area contributed by atoms with Crippen LogP contribution in [0.4, 0.5) is 5.13 Å². The first kappa shape index (κ1) is 14.2. The molecule has 1 fully saturated rings. The zero-order chi connectivity index (χ0) is 13.7. The van der Waals surface area contributed by atoms with Crippen LogP contribution < -0.4 is 10.2 Å². The first-order valence-electron chi connectivity index (χ1n) is 7.09. The van der Waals surface area contributed by atoms with Crippen molar-refractivity contribution in [2.24, 2.45) is 0 Å². The number of anilines is 1. The van der Waals surface area contributed by atoms with Crippen molar-refractivity contribution >= 4 is 22.6 Å². The van der Waals surface area contributed by atoms with Crippen LogP contribution in [0.3, 0.4) is 0 Å². The van der Waals surface area contributed by atoms with Crippen LogP contribution in [0.2, 0.25) is 0 Å². The summed E-state index contributed by atoms with van der Waals surface area (Å²) in [6.07, 6.45) is 4.55. The van der Waals surface area contributed by atoms with Crippen molar-refractivity contribution in [1.29, 1.82) is 0 Å². The van der Waals surface area contributed by atoms with Gasteiger partial charge in [-0.05, 0) is 19.3 Å². The molecule has 0 aromatic carbocycles. The largest absolute Gasteiger partial charge is 0.352 e. The van der Waals surface area contributed by atoms with Gasteiger partial charge in [-0.1, -0.05) is 13.8 Å². The molecule has 1 unspecified atom stereocenters. The second kappa shape index (κ2) is 6.84. The zero-order valence-electron chi connectivity index (χ0n) is 11.7. The minimum Gasteiger partial charge on any atom is -0.352 e. The summed E-state index contributed by atoms with van der Waals surface area (Å²) < 4.78 is 4.33. The third kappa shape index (κ3) is 3.89. The molecule has 1 aliphatic heterocycles. The summed E-state index contributed by atoms with van der Waals surface area (Å²) in [6, 6.07) is 0.252. The van der Waals surface area contributed by atoms with Crippen molar-refractivity contribution in [3.8, 4) is 0 Å². The second-order valence-corrected chi connectivity index (χ2v) is 5.68. The summed E-state index contributed by atoms with van der Waals surface area (Å²) in [4.78, 5) is 18.4. The molecule has 2 rings (SSSR count). The summed E-state index contributed by atoms with van der Waals surface area (Å²) in [7, 11) is 0. The maximum atomic E-state index is 11.6. The molecule has 1 amide bonds. The average Bonchev–Trinajstić information content (AvgIpc) is 2.88. The Kier molecular flexibility index (Phi) is 5.13. The molecule has 19 heavy (non-hydrogen) atoms. The molecule has 0 radical (unpaired) electrons. The second-order valence-electron chi connectivity index (χ2n) is 4.95. The summed E-state index contributed by atoms with van der Waals surface area (Å²) in [5.41, 5.74) is 0. The van der Waals surface area contributed by atoms with Crippen LogP contribution in [0.25, 0.3) is 0 Å². The Balaban J connectivity index is 1.91. The maximum absolute atomic E-state index is 11.6. The molecule has 0 saturated carbocycles. The van der Waals surface area contributed by atoms with Crippen molar-refractivity contribution in [3.05, 3.63) is 5.82 Å². The number of nitrogens with zero attached hydrogens (tertiary/aromatic N) is 3. The van der Waals surface area contributed by atoms with Gasteiger partial charge in [-0.25, -0.2) is 4.98 Å². The molecular weight excluding hydrogens is 260 g/mol. The highest BCUT2D eigenvalue weighted by Gasteiger charge is 2.23. The quantitative estimate of drug-likeness (QED) is 0.897. The number of carbonyl (C=O) groups excluding carboxylic acids is 1. The first-order valence-corrected chi connectivity index (χ1v) is 7.87. The lowest BCUT2D eigenvalue weighted by molar-refractivity contribution is -0.121. The fraction of sp³-hybridized carbons (Fsp3) is 0.769. The highest BCUT2D eigenvalue weighted by molar-refractivity contribution is 7.09. The van der Waals surface area contributed by atoms with E-state index < -0.39 is 0 Å². The molecule has 1 saturated heterocycles. The lowest BCUT2D eigenvalue weighted by atomic mass is 10.1. The van der Waals surface area contributed by atoms with Crippen molar-refractivity contribution in [2.45, 2.75) is 52.0 Å². The number of hydrogen-bond acceptors (Lipinski definition) is 5. The van der Waals surface area contributed by atoms with E-state index in [1.807, 2.05) is 6.92 Å². The van der Waals surface area contributed by atoms with E-state index in [1.54, 1.807) is 0 Å². The highest BCUT2D eigenvalue weighted by Crippen LogP contribution is 2.22. The lowest BCUT2D eigenvalue weighted by Crippen LogP contribution is -2.47. The summed E-state index contributed by atoms with van der Waals surface area (Å²) in [5.74, 6) is 1.08. The van der Waals surface area contributed by atoms with Crippen LogP contribution in [-0.4, -0.2) is 34.4 Å². The molecule has 5 nitrogen and oxygen atoms in total.